The number of nitrogens with zero attached hydrogens (tertiary/aromatic N) is 1. The molecule has 2 nitrogen and oxygen atoms in total. The summed E-state index contributed by atoms with van der Waals surface area (Å²) in [5, 5.41) is 3.16. The lowest BCUT2D eigenvalue weighted by Crippen LogP contribution is -2.21. The summed E-state index contributed by atoms with van der Waals surface area (Å²) in [6.07, 6.45) is 1.09. The maximum Gasteiger partial charge on any atom is 0.0596 e. The van der Waals surface area contributed by atoms with Crippen molar-refractivity contribution in [1.29, 1.82) is 0 Å². The van der Waals surface area contributed by atoms with E-state index in [4.69, 9.17) is 0 Å². The van der Waals surface area contributed by atoms with E-state index in [-0.39, 0.29) is 0 Å². The Bertz CT molecular complexity index is 479. The van der Waals surface area contributed by atoms with E-state index in [2.05, 4.69) is 79.8 Å². The van der Waals surface area contributed by atoms with E-state index in [9.17, 15) is 0 Å². The minimum Gasteiger partial charge on any atom is -0.388 e. The molecule has 0 bridgehead atoms. The number of hydrogen-bond donors (Lipinski definition) is 1. The second-order valence-corrected chi connectivity index (χ2v) is 5.33. The van der Waals surface area contributed by atoms with Gasteiger partial charge in [0.25, 0.3) is 0 Å². The lowest BCUT2D eigenvalue weighted by atomic mass is 9.96. The number of hydrogen-bond acceptors (Lipinski definition) is 2. The highest BCUT2D eigenvalue weighted by atomic mass is 15.1. The third-order valence-corrected chi connectivity index (χ3v) is 3.74. The summed E-state index contributed by atoms with van der Waals surface area (Å²) in [6, 6.07) is 17.9. The van der Waals surface area contributed by atoms with Crippen LogP contribution in [0.2, 0.25) is 0 Å². The number of rotatable bonds is 5. The normalized spacial score (nSPS) is 12.4. The smallest absolute Gasteiger partial charge is 0.0596 e. The van der Waals surface area contributed by atoms with Gasteiger partial charge >= 0.3 is 0 Å². The van der Waals surface area contributed by atoms with E-state index in [1.54, 1.807) is 0 Å². The van der Waals surface area contributed by atoms with E-state index >= 15 is 0 Å². The molecule has 0 aliphatic heterocycles. The first-order valence-corrected chi connectivity index (χ1v) is 7.18. The van der Waals surface area contributed by atoms with Crippen molar-refractivity contribution < 1.29 is 0 Å². The van der Waals surface area contributed by atoms with Gasteiger partial charge in [0.15, 0.2) is 0 Å². The van der Waals surface area contributed by atoms with Gasteiger partial charge in [-0.15, -0.1) is 0 Å². The second-order valence-electron chi connectivity index (χ2n) is 5.33. The minimum atomic E-state index is 0.298. The Balaban J connectivity index is 2.33. The highest BCUT2D eigenvalue weighted by molar-refractivity contribution is 5.46. The predicted molar refractivity (Wildman–Crippen MR) is 87.3 cm³/mol. The van der Waals surface area contributed by atoms with Crippen LogP contribution in [0.3, 0.4) is 0 Å². The molecular formula is C18H24N2. The van der Waals surface area contributed by atoms with Crippen LogP contribution in [0, 0.1) is 0 Å². The molecule has 2 aromatic rings. The van der Waals surface area contributed by atoms with Crippen LogP contribution < -0.4 is 5.32 Å². The summed E-state index contributed by atoms with van der Waals surface area (Å²) in [7, 11) is 6.21. The summed E-state index contributed by atoms with van der Waals surface area (Å²) in [5.74, 6) is 0. The molecule has 0 aliphatic carbocycles. The van der Waals surface area contributed by atoms with Crippen LogP contribution >= 0.6 is 0 Å². The lowest BCUT2D eigenvalue weighted by molar-refractivity contribution is 0.342. The largest absolute Gasteiger partial charge is 0.388 e. The van der Waals surface area contributed by atoms with Crippen LogP contribution in [0.25, 0.3) is 0 Å². The van der Waals surface area contributed by atoms with Gasteiger partial charge in [0.2, 0.25) is 0 Å². The Hall–Kier alpha value is -1.80. The van der Waals surface area contributed by atoms with Gasteiger partial charge in [-0.3, -0.25) is 4.90 Å². The molecule has 1 atom stereocenters. The van der Waals surface area contributed by atoms with E-state index in [1.807, 2.05) is 7.05 Å². The SMILES string of the molecule is CCc1ccc(C(c2ccc(NC)cc2)N(C)C)cc1. The Kier molecular flexibility index (Phi) is 4.80. The van der Waals surface area contributed by atoms with Crippen molar-refractivity contribution in [3.8, 4) is 0 Å². The summed E-state index contributed by atoms with van der Waals surface area (Å²) in [4.78, 5) is 2.26. The van der Waals surface area contributed by atoms with Crippen molar-refractivity contribution in [3.05, 3.63) is 65.2 Å². The Morgan fingerprint density at radius 3 is 1.80 bits per heavy atom. The predicted octanol–water partition coefficient (Wildman–Crippen LogP) is 3.94. The van der Waals surface area contributed by atoms with Crippen LogP contribution in [0.1, 0.15) is 29.7 Å². The van der Waals surface area contributed by atoms with E-state index in [0.717, 1.165) is 12.1 Å². The molecule has 0 fully saturated rings. The van der Waals surface area contributed by atoms with Gasteiger partial charge in [-0.05, 0) is 49.3 Å². The molecule has 2 rings (SSSR count). The van der Waals surface area contributed by atoms with Crippen molar-refractivity contribution in [2.45, 2.75) is 19.4 Å². The third-order valence-electron chi connectivity index (χ3n) is 3.74. The molecule has 1 N–H and O–H groups in total. The summed E-state index contributed by atoms with van der Waals surface area (Å²) in [6.45, 7) is 2.19. The molecule has 0 amide bonds. The van der Waals surface area contributed by atoms with Crippen molar-refractivity contribution in [1.82, 2.24) is 4.90 Å². The van der Waals surface area contributed by atoms with Crippen molar-refractivity contribution in [2.24, 2.45) is 0 Å². The fraction of sp³-hybridized carbons (Fsp3) is 0.333. The zero-order valence-electron chi connectivity index (χ0n) is 12.9. The van der Waals surface area contributed by atoms with Crippen LogP contribution in [-0.2, 0) is 6.42 Å². The lowest BCUT2D eigenvalue weighted by Gasteiger charge is -2.25. The van der Waals surface area contributed by atoms with Crippen LogP contribution in [0.5, 0.6) is 0 Å². The quantitative estimate of drug-likeness (QED) is 0.883. The maximum atomic E-state index is 3.16. The number of aryl methyl sites for hydroxylation is 1. The maximum absolute atomic E-state index is 3.16. The molecule has 1 unspecified atom stereocenters. The molecule has 0 spiro atoms. The first-order chi connectivity index (χ1) is 9.65. The van der Waals surface area contributed by atoms with Gasteiger partial charge in [-0.25, -0.2) is 0 Å². The van der Waals surface area contributed by atoms with E-state index in [0.29, 0.717) is 6.04 Å². The second kappa shape index (κ2) is 6.58. The number of anilines is 1. The van der Waals surface area contributed by atoms with Gasteiger partial charge in [0, 0.05) is 12.7 Å². The number of nitrogens with one attached hydrogen (secondary N) is 1. The minimum absolute atomic E-state index is 0.298. The van der Waals surface area contributed by atoms with Crippen LogP contribution in [-0.4, -0.2) is 26.0 Å². The molecule has 2 heteroatoms. The highest BCUT2D eigenvalue weighted by Crippen LogP contribution is 2.27. The Morgan fingerprint density at radius 2 is 1.40 bits per heavy atom. The zero-order chi connectivity index (χ0) is 14.5. The summed E-state index contributed by atoms with van der Waals surface area (Å²) >= 11 is 0. The monoisotopic (exact) mass is 268 g/mol. The Labute approximate surface area is 122 Å². The molecule has 20 heavy (non-hydrogen) atoms. The average Bonchev–Trinajstić information content (AvgIpc) is 2.48. The van der Waals surface area contributed by atoms with Crippen molar-refractivity contribution in [3.63, 3.8) is 0 Å². The molecule has 0 saturated carbocycles. The molecular weight excluding hydrogens is 244 g/mol. The van der Waals surface area contributed by atoms with Crippen LogP contribution in [0.15, 0.2) is 48.5 Å². The first kappa shape index (κ1) is 14.6. The molecule has 0 aromatic heterocycles. The third kappa shape index (κ3) is 3.20. The van der Waals surface area contributed by atoms with E-state index in [1.165, 1.54) is 16.7 Å². The van der Waals surface area contributed by atoms with Gasteiger partial charge in [-0.1, -0.05) is 43.3 Å². The average molecular weight is 268 g/mol. The van der Waals surface area contributed by atoms with Gasteiger partial charge < -0.3 is 5.32 Å². The highest BCUT2D eigenvalue weighted by Gasteiger charge is 2.16. The molecule has 2 aromatic carbocycles. The first-order valence-electron chi connectivity index (χ1n) is 7.18. The topological polar surface area (TPSA) is 15.3 Å². The van der Waals surface area contributed by atoms with Gasteiger partial charge in [0.1, 0.15) is 0 Å². The van der Waals surface area contributed by atoms with Gasteiger partial charge in [0.05, 0.1) is 6.04 Å². The van der Waals surface area contributed by atoms with Crippen LogP contribution in [0.4, 0.5) is 5.69 Å². The van der Waals surface area contributed by atoms with Crippen molar-refractivity contribution >= 4 is 5.69 Å². The molecule has 0 radical (unpaired) electrons. The molecule has 0 aliphatic rings. The summed E-state index contributed by atoms with van der Waals surface area (Å²) in [5.41, 5.74) is 5.19. The molecule has 106 valence electrons. The standard InChI is InChI=1S/C18H24N2/c1-5-14-6-8-15(9-7-14)18(20(3)4)16-10-12-17(19-2)13-11-16/h6-13,18-19H,5H2,1-4H3. The number of benzene rings is 2. The Morgan fingerprint density at radius 1 is 0.900 bits per heavy atom. The summed E-state index contributed by atoms with van der Waals surface area (Å²) < 4.78 is 0. The van der Waals surface area contributed by atoms with E-state index < -0.39 is 0 Å². The van der Waals surface area contributed by atoms with Crippen molar-refractivity contribution in [2.75, 3.05) is 26.5 Å². The fourth-order valence-electron chi connectivity index (χ4n) is 2.56. The molecule has 0 saturated heterocycles. The zero-order valence-corrected chi connectivity index (χ0v) is 12.9. The molecule has 0 heterocycles. The fourth-order valence-corrected chi connectivity index (χ4v) is 2.56. The van der Waals surface area contributed by atoms with Gasteiger partial charge in [-0.2, -0.15) is 0 Å².